The summed E-state index contributed by atoms with van der Waals surface area (Å²) in [5, 5.41) is 2.47. The van der Waals surface area contributed by atoms with Gasteiger partial charge in [-0.05, 0) is 102 Å². The van der Waals surface area contributed by atoms with Crippen molar-refractivity contribution in [3.63, 3.8) is 0 Å². The van der Waals surface area contributed by atoms with E-state index >= 15 is 0 Å². The number of pyridine rings is 1. The molecule has 0 amide bonds. The number of aliphatic imine (C=N–C) groups is 1. The molecule has 0 N–H and O–H groups in total. The third kappa shape index (κ3) is 5.25. The first kappa shape index (κ1) is 35.1. The Morgan fingerprint density at radius 2 is 1.53 bits per heavy atom. The van der Waals surface area contributed by atoms with Crippen molar-refractivity contribution >= 4 is 27.7 Å². The molecule has 5 heteroatoms. The highest BCUT2D eigenvalue weighted by Gasteiger charge is 2.55. The maximum Gasteiger partial charge on any atom is 0.217 e. The van der Waals surface area contributed by atoms with Crippen molar-refractivity contribution in [2.45, 2.75) is 111 Å². The molecule has 2 aromatic heterocycles. The van der Waals surface area contributed by atoms with Gasteiger partial charge in [-0.1, -0.05) is 105 Å². The number of hydrogen-bond donors (Lipinski definition) is 0. The van der Waals surface area contributed by atoms with Crippen molar-refractivity contribution in [1.29, 1.82) is 0 Å². The average Bonchev–Trinajstić information content (AvgIpc) is 3.59. The highest BCUT2D eigenvalue weighted by molar-refractivity contribution is 6.12. The Kier molecular flexibility index (Phi) is 7.83. The summed E-state index contributed by atoms with van der Waals surface area (Å²) in [4.78, 5) is 10.4. The predicted octanol–water partition coefficient (Wildman–Crippen LogP) is 12.4. The maximum atomic E-state index is 6.97. The van der Waals surface area contributed by atoms with Crippen LogP contribution in [-0.2, 0) is 21.2 Å². The van der Waals surface area contributed by atoms with Gasteiger partial charge in [0.15, 0.2) is 5.60 Å². The van der Waals surface area contributed by atoms with Crippen LogP contribution in [0.5, 0.6) is 11.5 Å². The van der Waals surface area contributed by atoms with Crippen molar-refractivity contribution in [2.24, 2.45) is 10.9 Å². The van der Waals surface area contributed by atoms with Crippen LogP contribution in [0.2, 0.25) is 0 Å². The largest absolute Gasteiger partial charge is 0.464 e. The second-order valence-corrected chi connectivity index (χ2v) is 17.9. The summed E-state index contributed by atoms with van der Waals surface area (Å²) in [6.07, 6.45) is 1.91. The zero-order chi connectivity index (χ0) is 37.8. The summed E-state index contributed by atoms with van der Waals surface area (Å²) in [5.41, 5.74) is 9.22. The Bertz CT molecular complexity index is 2460. The molecule has 0 unspecified atom stereocenters. The van der Waals surface area contributed by atoms with Crippen molar-refractivity contribution in [3.05, 3.63) is 130 Å². The van der Waals surface area contributed by atoms with Crippen LogP contribution in [-0.4, -0.2) is 21.0 Å². The lowest BCUT2D eigenvalue weighted by molar-refractivity contribution is 0.00857. The van der Waals surface area contributed by atoms with E-state index in [2.05, 4.69) is 173 Å². The van der Waals surface area contributed by atoms with E-state index in [1.165, 1.54) is 38.5 Å². The molecule has 6 aromatic rings. The zero-order valence-electron chi connectivity index (χ0n) is 33.5. The van der Waals surface area contributed by atoms with Crippen LogP contribution in [0.1, 0.15) is 121 Å². The molecule has 2 atom stereocenters. The summed E-state index contributed by atoms with van der Waals surface area (Å²) in [6, 6.07) is 30.6. The second-order valence-electron chi connectivity index (χ2n) is 17.9. The molecular formula is C48H53N3O2. The fourth-order valence-electron chi connectivity index (χ4n) is 8.54. The number of fused-ring (bicyclic) bond motifs is 5. The monoisotopic (exact) mass is 703 g/mol. The van der Waals surface area contributed by atoms with Gasteiger partial charge in [-0.3, -0.25) is 4.57 Å². The van der Waals surface area contributed by atoms with Crippen molar-refractivity contribution in [3.8, 4) is 17.3 Å². The maximum absolute atomic E-state index is 6.97. The van der Waals surface area contributed by atoms with Gasteiger partial charge in [0.05, 0.1) is 11.0 Å². The van der Waals surface area contributed by atoms with Crippen LogP contribution in [0, 0.1) is 12.8 Å². The molecule has 8 rings (SSSR count). The van der Waals surface area contributed by atoms with E-state index in [0.29, 0.717) is 5.90 Å². The van der Waals surface area contributed by atoms with Crippen molar-refractivity contribution in [2.75, 3.05) is 0 Å². The van der Waals surface area contributed by atoms with Gasteiger partial charge in [-0.25, -0.2) is 9.98 Å². The van der Waals surface area contributed by atoms with Gasteiger partial charge in [-0.15, -0.1) is 0 Å². The van der Waals surface area contributed by atoms with Crippen molar-refractivity contribution in [1.82, 2.24) is 9.55 Å². The predicted molar refractivity (Wildman–Crippen MR) is 219 cm³/mol. The molecular weight excluding hydrogens is 651 g/mol. The topological polar surface area (TPSA) is 48.6 Å². The molecule has 0 saturated carbocycles. The van der Waals surface area contributed by atoms with Gasteiger partial charge in [0.2, 0.25) is 5.90 Å². The van der Waals surface area contributed by atoms with Gasteiger partial charge in [-0.2, -0.15) is 0 Å². The SMILES string of the molecule is Cc1cc2c3cc(C(C)(C)C)cc4c3n(c2cc1Oc1cc(C2=N[C@](C)(C(C)C)[C@@](C)(c3ccccc3)O2)cc(C(C)C)c1)-c1ncccc1C4(C)C. The minimum atomic E-state index is -0.628. The zero-order valence-corrected chi connectivity index (χ0v) is 33.5. The number of ether oxygens (including phenoxy) is 2. The number of benzene rings is 4. The summed E-state index contributed by atoms with van der Waals surface area (Å²) >= 11 is 0. The number of aryl methyl sites for hydroxylation is 1. The highest BCUT2D eigenvalue weighted by Crippen LogP contribution is 2.51. The third-order valence-corrected chi connectivity index (χ3v) is 12.5. The molecule has 4 aromatic carbocycles. The normalized spacial score (nSPS) is 20.6. The third-order valence-electron chi connectivity index (χ3n) is 12.5. The smallest absolute Gasteiger partial charge is 0.217 e. The van der Waals surface area contributed by atoms with Crippen molar-refractivity contribution < 1.29 is 9.47 Å². The molecule has 0 aliphatic carbocycles. The molecule has 2 aliphatic rings. The van der Waals surface area contributed by atoms with E-state index in [1.54, 1.807) is 0 Å². The number of nitrogens with zero attached hydrogens (tertiary/aromatic N) is 3. The average molecular weight is 704 g/mol. The van der Waals surface area contributed by atoms with Gasteiger partial charge < -0.3 is 9.47 Å². The highest BCUT2D eigenvalue weighted by atomic mass is 16.5. The van der Waals surface area contributed by atoms with Crippen LogP contribution in [0.3, 0.4) is 0 Å². The minimum absolute atomic E-state index is 0.000112. The standard InChI is InChI=1S/C48H53N3O2/c1-28(2)31-22-32(44-50-47(11,29(3)4)48(12,53-44)33-17-14-13-15-18-33)24-35(23-31)52-41-27-40-36(21-30(41)5)37-25-34(45(6,7)8)26-39-42(37)51(40)43-38(46(39,9)10)19-16-20-49-43/h13-29H,1-12H3/t47-,48-/m1/s1. The summed E-state index contributed by atoms with van der Waals surface area (Å²) in [7, 11) is 0. The molecule has 53 heavy (non-hydrogen) atoms. The molecule has 2 aliphatic heterocycles. The first-order chi connectivity index (χ1) is 24.9. The fourth-order valence-corrected chi connectivity index (χ4v) is 8.54. The van der Waals surface area contributed by atoms with Crippen LogP contribution in [0.4, 0.5) is 0 Å². The van der Waals surface area contributed by atoms with Gasteiger partial charge in [0, 0.05) is 39.6 Å². The lowest BCUT2D eigenvalue weighted by Crippen LogP contribution is -2.47. The summed E-state index contributed by atoms with van der Waals surface area (Å²) in [6.45, 7) is 27.0. The minimum Gasteiger partial charge on any atom is -0.464 e. The van der Waals surface area contributed by atoms with Crippen LogP contribution in [0.25, 0.3) is 27.6 Å². The van der Waals surface area contributed by atoms with E-state index in [9.17, 15) is 0 Å². The van der Waals surface area contributed by atoms with E-state index in [1.807, 2.05) is 6.20 Å². The van der Waals surface area contributed by atoms with Gasteiger partial charge in [0.25, 0.3) is 0 Å². The Morgan fingerprint density at radius 3 is 2.21 bits per heavy atom. The fraction of sp³-hybridized carbons (Fsp3) is 0.375. The number of aromatic nitrogens is 2. The Morgan fingerprint density at radius 1 is 0.792 bits per heavy atom. The molecule has 0 spiro atoms. The van der Waals surface area contributed by atoms with E-state index in [0.717, 1.165) is 39.5 Å². The number of rotatable bonds is 6. The first-order valence-corrected chi connectivity index (χ1v) is 19.2. The lowest BCUT2D eigenvalue weighted by atomic mass is 9.72. The first-order valence-electron chi connectivity index (χ1n) is 19.2. The molecule has 0 bridgehead atoms. The Hall–Kier alpha value is -4.90. The van der Waals surface area contributed by atoms with Crippen LogP contribution < -0.4 is 4.74 Å². The Balaban J connectivity index is 1.29. The molecule has 0 fully saturated rings. The lowest BCUT2D eigenvalue weighted by Gasteiger charge is -2.40. The Labute approximate surface area is 315 Å². The second kappa shape index (κ2) is 11.8. The van der Waals surface area contributed by atoms with E-state index in [4.69, 9.17) is 19.5 Å². The van der Waals surface area contributed by atoms with Gasteiger partial charge >= 0.3 is 0 Å². The molecule has 0 saturated heterocycles. The van der Waals surface area contributed by atoms with Gasteiger partial charge in [0.1, 0.15) is 22.9 Å². The van der Waals surface area contributed by atoms with Crippen LogP contribution >= 0.6 is 0 Å². The number of hydrogen-bond acceptors (Lipinski definition) is 4. The van der Waals surface area contributed by atoms with E-state index < -0.39 is 11.1 Å². The molecule has 272 valence electrons. The van der Waals surface area contributed by atoms with Crippen LogP contribution in [0.15, 0.2) is 96.1 Å². The molecule has 0 radical (unpaired) electrons. The summed E-state index contributed by atoms with van der Waals surface area (Å²) in [5.74, 6) is 3.75. The van der Waals surface area contributed by atoms with E-state index in [-0.39, 0.29) is 22.7 Å². The quantitative estimate of drug-likeness (QED) is 0.173. The molecule has 5 nitrogen and oxygen atoms in total. The summed E-state index contributed by atoms with van der Waals surface area (Å²) < 4.78 is 16.3. The molecule has 4 heterocycles.